The number of rotatable bonds is 5. The molecule has 0 radical (unpaired) electrons. The van der Waals surface area contributed by atoms with Gasteiger partial charge in [0.1, 0.15) is 13.2 Å². The van der Waals surface area contributed by atoms with Crippen molar-refractivity contribution in [2.75, 3.05) is 18.5 Å². The number of nitrogens with one attached hydrogen (secondary N) is 1. The van der Waals surface area contributed by atoms with Crippen molar-refractivity contribution in [2.45, 2.75) is 31.2 Å². The summed E-state index contributed by atoms with van der Waals surface area (Å²) in [5, 5.41) is 3.40. The molecule has 35 heavy (non-hydrogen) atoms. The summed E-state index contributed by atoms with van der Waals surface area (Å²) in [5.41, 5.74) is 3.98. The normalized spacial score (nSPS) is 13.5. The number of fused-ring (bicyclic) bond motifs is 2. The summed E-state index contributed by atoms with van der Waals surface area (Å²) in [6.45, 7) is 6.81. The number of carbonyl (C=O) groups excluding carboxylic acids is 1. The lowest BCUT2D eigenvalue weighted by Crippen LogP contribution is -2.26. The average molecular weight is 488 g/mol. The van der Waals surface area contributed by atoms with Crippen LogP contribution in [0.2, 0.25) is 0 Å². The van der Waals surface area contributed by atoms with E-state index in [0.717, 1.165) is 16.8 Å². The van der Waals surface area contributed by atoms with Crippen LogP contribution in [0.1, 0.15) is 18.1 Å². The Labute approximate surface area is 207 Å². The molecule has 0 saturated heterocycles. The van der Waals surface area contributed by atoms with Crippen molar-refractivity contribution >= 4 is 34.3 Å². The van der Waals surface area contributed by atoms with Crippen molar-refractivity contribution in [3.05, 3.63) is 82.1 Å². The highest BCUT2D eigenvalue weighted by molar-refractivity contribution is 8.00. The van der Waals surface area contributed by atoms with Crippen LogP contribution in [0, 0.1) is 13.8 Å². The van der Waals surface area contributed by atoms with Gasteiger partial charge in [0.25, 0.3) is 5.56 Å². The van der Waals surface area contributed by atoms with Crippen LogP contribution in [0.3, 0.4) is 0 Å². The summed E-state index contributed by atoms with van der Waals surface area (Å²) in [5.74, 6) is 1.06. The minimum absolute atomic E-state index is 0.166. The molecule has 8 heteroatoms. The standard InChI is InChI=1S/C27H25N3O4S/c1-16-8-10-20(14-17(16)2)30-26(32)21-6-4-5-7-22(21)29-27(30)35-18(3)25(31)28-19-9-11-23-24(15-19)34-13-12-33-23/h4-11,14-15,18H,12-13H2,1-3H3,(H,28,31). The third kappa shape index (κ3) is 4.61. The number of thioether (sulfide) groups is 1. The van der Waals surface area contributed by atoms with E-state index in [1.165, 1.54) is 11.8 Å². The first-order valence-corrected chi connectivity index (χ1v) is 12.3. The fourth-order valence-corrected chi connectivity index (χ4v) is 4.79. The third-order valence-electron chi connectivity index (χ3n) is 5.95. The van der Waals surface area contributed by atoms with E-state index in [4.69, 9.17) is 14.5 Å². The molecule has 3 aromatic carbocycles. The van der Waals surface area contributed by atoms with Crippen LogP contribution < -0.4 is 20.3 Å². The van der Waals surface area contributed by atoms with Crippen molar-refractivity contribution in [1.82, 2.24) is 9.55 Å². The topological polar surface area (TPSA) is 82.5 Å². The SMILES string of the molecule is Cc1ccc(-n2c(SC(C)C(=O)Nc3ccc4c(c3)OCCO4)nc3ccccc3c2=O)cc1C. The van der Waals surface area contributed by atoms with Crippen molar-refractivity contribution in [3.63, 3.8) is 0 Å². The first kappa shape index (κ1) is 23.0. The monoisotopic (exact) mass is 487 g/mol. The van der Waals surface area contributed by atoms with Gasteiger partial charge < -0.3 is 14.8 Å². The lowest BCUT2D eigenvalue weighted by atomic mass is 10.1. The number of para-hydroxylation sites is 1. The second kappa shape index (κ2) is 9.46. The number of amides is 1. The number of aromatic nitrogens is 2. The molecule has 1 atom stereocenters. The molecule has 7 nitrogen and oxygen atoms in total. The Morgan fingerprint density at radius 2 is 1.77 bits per heavy atom. The van der Waals surface area contributed by atoms with E-state index in [0.29, 0.717) is 46.5 Å². The number of anilines is 1. The van der Waals surface area contributed by atoms with Gasteiger partial charge in [-0.1, -0.05) is 30.0 Å². The fourth-order valence-electron chi connectivity index (χ4n) is 3.86. The van der Waals surface area contributed by atoms with E-state index < -0.39 is 5.25 Å². The van der Waals surface area contributed by atoms with Crippen molar-refractivity contribution in [2.24, 2.45) is 0 Å². The van der Waals surface area contributed by atoms with Crippen LogP contribution in [-0.2, 0) is 4.79 Å². The number of nitrogens with zero attached hydrogens (tertiary/aromatic N) is 2. The Balaban J connectivity index is 1.47. The molecule has 5 rings (SSSR count). The number of ether oxygens (including phenoxy) is 2. The van der Waals surface area contributed by atoms with E-state index in [1.807, 2.05) is 50.2 Å². The summed E-state index contributed by atoms with van der Waals surface area (Å²) >= 11 is 1.24. The van der Waals surface area contributed by atoms with Crippen LogP contribution >= 0.6 is 11.8 Å². The van der Waals surface area contributed by atoms with Gasteiger partial charge in [0, 0.05) is 11.8 Å². The highest BCUT2D eigenvalue weighted by Gasteiger charge is 2.21. The van der Waals surface area contributed by atoms with Gasteiger partial charge in [-0.15, -0.1) is 0 Å². The maximum absolute atomic E-state index is 13.5. The van der Waals surface area contributed by atoms with Gasteiger partial charge in [0.05, 0.1) is 21.8 Å². The number of benzene rings is 3. The molecule has 0 fully saturated rings. The smallest absolute Gasteiger partial charge is 0.266 e. The van der Waals surface area contributed by atoms with Crippen molar-refractivity contribution in [3.8, 4) is 17.2 Å². The molecule has 1 N–H and O–H groups in total. The second-order valence-corrected chi connectivity index (χ2v) is 9.74. The molecule has 0 bridgehead atoms. The summed E-state index contributed by atoms with van der Waals surface area (Å²) in [7, 11) is 0. The molecule has 1 aromatic heterocycles. The number of carbonyl (C=O) groups is 1. The molecule has 4 aromatic rings. The quantitative estimate of drug-likeness (QED) is 0.319. The lowest BCUT2D eigenvalue weighted by molar-refractivity contribution is -0.115. The van der Waals surface area contributed by atoms with E-state index >= 15 is 0 Å². The van der Waals surface area contributed by atoms with Gasteiger partial charge in [-0.05, 0) is 68.3 Å². The van der Waals surface area contributed by atoms with Gasteiger partial charge >= 0.3 is 0 Å². The Bertz CT molecular complexity index is 1500. The zero-order valence-electron chi connectivity index (χ0n) is 19.7. The van der Waals surface area contributed by atoms with Gasteiger partial charge in [-0.2, -0.15) is 0 Å². The van der Waals surface area contributed by atoms with Crippen LogP contribution in [0.5, 0.6) is 11.5 Å². The van der Waals surface area contributed by atoms with Crippen molar-refractivity contribution < 1.29 is 14.3 Å². The molecule has 1 amide bonds. The zero-order chi connectivity index (χ0) is 24.5. The van der Waals surface area contributed by atoms with Gasteiger partial charge in [0.2, 0.25) is 5.91 Å². The third-order valence-corrected chi connectivity index (χ3v) is 7.01. The fraction of sp³-hybridized carbons (Fsp3) is 0.222. The summed E-state index contributed by atoms with van der Waals surface area (Å²) in [6.07, 6.45) is 0. The maximum atomic E-state index is 13.5. The van der Waals surface area contributed by atoms with Crippen LogP contribution in [0.15, 0.2) is 70.6 Å². The minimum Gasteiger partial charge on any atom is -0.486 e. The van der Waals surface area contributed by atoms with Gasteiger partial charge in [-0.25, -0.2) is 4.98 Å². The maximum Gasteiger partial charge on any atom is 0.266 e. The Morgan fingerprint density at radius 1 is 1.00 bits per heavy atom. The molecule has 0 aliphatic carbocycles. The summed E-state index contributed by atoms with van der Waals surface area (Å²) < 4.78 is 12.7. The Hall–Kier alpha value is -3.78. The number of hydrogen-bond acceptors (Lipinski definition) is 6. The first-order chi connectivity index (χ1) is 16.9. The van der Waals surface area contributed by atoms with E-state index in [1.54, 1.807) is 35.8 Å². The molecular formula is C27H25N3O4S. The first-order valence-electron chi connectivity index (χ1n) is 11.4. The Kier molecular flexibility index (Phi) is 6.21. The molecule has 0 saturated carbocycles. The van der Waals surface area contributed by atoms with E-state index in [2.05, 4.69) is 5.32 Å². The van der Waals surface area contributed by atoms with Crippen LogP contribution in [0.4, 0.5) is 5.69 Å². The lowest BCUT2D eigenvalue weighted by Gasteiger charge is -2.20. The predicted octanol–water partition coefficient (Wildman–Crippen LogP) is 4.89. The minimum atomic E-state index is -0.519. The van der Waals surface area contributed by atoms with Crippen LogP contribution in [0.25, 0.3) is 16.6 Å². The van der Waals surface area contributed by atoms with Crippen molar-refractivity contribution in [1.29, 1.82) is 0 Å². The molecule has 2 heterocycles. The molecule has 0 spiro atoms. The number of aryl methyl sites for hydroxylation is 2. The highest BCUT2D eigenvalue weighted by Crippen LogP contribution is 2.33. The van der Waals surface area contributed by atoms with E-state index in [9.17, 15) is 9.59 Å². The van der Waals surface area contributed by atoms with Gasteiger partial charge in [-0.3, -0.25) is 14.2 Å². The summed E-state index contributed by atoms with van der Waals surface area (Å²) in [6, 6.07) is 18.4. The predicted molar refractivity (Wildman–Crippen MR) is 138 cm³/mol. The summed E-state index contributed by atoms with van der Waals surface area (Å²) in [4.78, 5) is 31.3. The molecule has 1 aliphatic rings. The molecule has 1 aliphatic heterocycles. The average Bonchev–Trinajstić information content (AvgIpc) is 2.86. The highest BCUT2D eigenvalue weighted by atomic mass is 32.2. The van der Waals surface area contributed by atoms with E-state index in [-0.39, 0.29) is 11.5 Å². The number of hydrogen-bond donors (Lipinski definition) is 1. The largest absolute Gasteiger partial charge is 0.486 e. The molecular weight excluding hydrogens is 462 g/mol. The van der Waals surface area contributed by atoms with Crippen LogP contribution in [-0.4, -0.2) is 33.9 Å². The molecule has 178 valence electrons. The second-order valence-electron chi connectivity index (χ2n) is 8.43. The zero-order valence-corrected chi connectivity index (χ0v) is 20.5. The Morgan fingerprint density at radius 3 is 2.57 bits per heavy atom. The van der Waals surface area contributed by atoms with Gasteiger partial charge in [0.15, 0.2) is 16.7 Å². The molecule has 1 unspecified atom stereocenters.